The van der Waals surface area contributed by atoms with E-state index in [9.17, 15) is 13.2 Å². The molecular weight excluding hydrogens is 398 g/mol. The smallest absolute Gasteiger partial charge is 0.271 e. The molecule has 0 radical (unpaired) electrons. The number of pyridine rings is 2. The van der Waals surface area contributed by atoms with Crippen LogP contribution < -0.4 is 16.2 Å². The van der Waals surface area contributed by atoms with E-state index in [2.05, 4.69) is 14.7 Å². The van der Waals surface area contributed by atoms with Crippen molar-refractivity contribution in [2.45, 2.75) is 4.21 Å². The van der Waals surface area contributed by atoms with Crippen molar-refractivity contribution < 1.29 is 13.2 Å². The highest BCUT2D eigenvalue weighted by atomic mass is 35.5. The number of nitrogen functional groups attached to an aromatic ring is 2. The third-order valence-electron chi connectivity index (χ3n) is 3.22. The molecule has 5 N–H and O–H groups in total. The number of aromatic nitrogens is 2. The van der Waals surface area contributed by atoms with Gasteiger partial charge in [0.05, 0.1) is 15.7 Å². The Morgan fingerprint density at radius 1 is 1.15 bits per heavy atom. The lowest BCUT2D eigenvalue weighted by Crippen LogP contribution is -2.16. The zero-order valence-electron chi connectivity index (χ0n) is 13.0. The molecule has 0 unspecified atom stereocenters. The fourth-order valence-electron chi connectivity index (χ4n) is 2.10. The molecule has 0 saturated heterocycles. The van der Waals surface area contributed by atoms with Crippen LogP contribution in [0.15, 0.2) is 46.9 Å². The van der Waals surface area contributed by atoms with Crippen LogP contribution in [0.1, 0.15) is 16.1 Å². The van der Waals surface area contributed by atoms with E-state index in [4.69, 9.17) is 23.1 Å². The maximum Gasteiger partial charge on any atom is 0.271 e. The molecule has 8 nitrogen and oxygen atoms in total. The summed E-state index contributed by atoms with van der Waals surface area (Å²) in [4.78, 5) is 20.5. The summed E-state index contributed by atoms with van der Waals surface area (Å²) in [7, 11) is -3.96. The average Bonchev–Trinajstić information content (AvgIpc) is 3.01. The van der Waals surface area contributed by atoms with Gasteiger partial charge in [-0.05, 0) is 30.3 Å². The summed E-state index contributed by atoms with van der Waals surface area (Å²) in [5.41, 5.74) is 11.2. The Morgan fingerprint density at radius 2 is 1.92 bits per heavy atom. The number of carbonyl (C=O) groups is 1. The van der Waals surface area contributed by atoms with Gasteiger partial charge in [0.2, 0.25) is 5.78 Å². The number of hydrogen-bond acceptors (Lipinski definition) is 8. The number of anilines is 3. The highest BCUT2D eigenvalue weighted by molar-refractivity contribution is 7.94. The predicted molar refractivity (Wildman–Crippen MR) is 101 cm³/mol. The Labute approximate surface area is 157 Å². The number of carbonyl (C=O) groups excluding carboxylic acids is 1. The second-order valence-corrected chi connectivity index (χ2v) is 8.57. The van der Waals surface area contributed by atoms with Crippen LogP contribution >= 0.6 is 22.9 Å². The summed E-state index contributed by atoms with van der Waals surface area (Å²) >= 11 is 6.81. The van der Waals surface area contributed by atoms with Crippen LogP contribution in [0, 0.1) is 0 Å². The molecule has 11 heteroatoms. The molecule has 0 aliphatic carbocycles. The second kappa shape index (κ2) is 6.90. The molecule has 0 spiro atoms. The van der Waals surface area contributed by atoms with E-state index in [1.54, 1.807) is 0 Å². The lowest BCUT2D eigenvalue weighted by atomic mass is 10.1. The second-order valence-electron chi connectivity index (χ2n) is 5.11. The maximum absolute atomic E-state index is 12.7. The van der Waals surface area contributed by atoms with Crippen molar-refractivity contribution in [2.24, 2.45) is 0 Å². The summed E-state index contributed by atoms with van der Waals surface area (Å²) in [6, 6.07) is 6.97. The van der Waals surface area contributed by atoms with E-state index in [1.165, 1.54) is 42.7 Å². The average molecular weight is 410 g/mol. The highest BCUT2D eigenvalue weighted by Gasteiger charge is 2.22. The normalized spacial score (nSPS) is 11.3. The monoisotopic (exact) mass is 409 g/mol. The van der Waals surface area contributed by atoms with Crippen molar-refractivity contribution in [1.29, 1.82) is 0 Å². The van der Waals surface area contributed by atoms with Crippen molar-refractivity contribution in [3.63, 3.8) is 0 Å². The number of nitrogens with one attached hydrogen (secondary N) is 1. The van der Waals surface area contributed by atoms with Gasteiger partial charge in [0.25, 0.3) is 10.0 Å². The zero-order valence-corrected chi connectivity index (χ0v) is 15.4. The van der Waals surface area contributed by atoms with Gasteiger partial charge in [-0.15, -0.1) is 11.3 Å². The quantitative estimate of drug-likeness (QED) is 0.549. The highest BCUT2D eigenvalue weighted by Crippen LogP contribution is 2.28. The number of thiophene rings is 1. The van der Waals surface area contributed by atoms with Crippen LogP contribution in [0.4, 0.5) is 16.5 Å². The number of sulfonamides is 1. The number of ketones is 1. The summed E-state index contributed by atoms with van der Waals surface area (Å²) < 4.78 is 27.4. The van der Waals surface area contributed by atoms with Crippen LogP contribution in [-0.2, 0) is 10.0 Å². The first-order valence-corrected chi connectivity index (χ1v) is 9.74. The first-order chi connectivity index (χ1) is 12.3. The molecule has 0 atom stereocenters. The molecule has 0 aromatic carbocycles. The van der Waals surface area contributed by atoms with E-state index in [0.717, 1.165) is 11.3 Å². The molecule has 0 saturated carbocycles. The molecule has 3 heterocycles. The minimum absolute atomic E-state index is 0.00142. The van der Waals surface area contributed by atoms with Gasteiger partial charge in [-0.1, -0.05) is 11.6 Å². The summed E-state index contributed by atoms with van der Waals surface area (Å²) in [5.74, 6) is -0.375. The van der Waals surface area contributed by atoms with Gasteiger partial charge in [-0.3, -0.25) is 9.52 Å². The van der Waals surface area contributed by atoms with Crippen molar-refractivity contribution in [3.05, 3.63) is 59.0 Å². The zero-order chi connectivity index (χ0) is 18.9. The fraction of sp³-hybridized carbons (Fsp3) is 0. The van der Waals surface area contributed by atoms with Gasteiger partial charge >= 0.3 is 0 Å². The first kappa shape index (κ1) is 18.1. The van der Waals surface area contributed by atoms with Gasteiger partial charge in [0.1, 0.15) is 15.7 Å². The molecule has 0 amide bonds. The molecule has 3 aromatic heterocycles. The number of halogens is 1. The Kier molecular flexibility index (Phi) is 4.81. The van der Waals surface area contributed by atoms with Crippen LogP contribution in [0.2, 0.25) is 5.02 Å². The Balaban J connectivity index is 2.03. The van der Waals surface area contributed by atoms with E-state index in [1.807, 2.05) is 0 Å². The van der Waals surface area contributed by atoms with Crippen LogP contribution in [-0.4, -0.2) is 24.2 Å². The topological polar surface area (TPSA) is 141 Å². The van der Waals surface area contributed by atoms with Crippen LogP contribution in [0.25, 0.3) is 0 Å². The number of nitrogens with two attached hydrogens (primary N) is 2. The first-order valence-electron chi connectivity index (χ1n) is 7.06. The van der Waals surface area contributed by atoms with Gasteiger partial charge < -0.3 is 11.5 Å². The van der Waals surface area contributed by atoms with Crippen LogP contribution in [0.3, 0.4) is 0 Å². The molecule has 26 heavy (non-hydrogen) atoms. The lowest BCUT2D eigenvalue weighted by molar-refractivity contribution is 0.103. The van der Waals surface area contributed by atoms with Crippen molar-refractivity contribution in [2.75, 3.05) is 16.2 Å². The summed E-state index contributed by atoms with van der Waals surface area (Å²) in [6.45, 7) is 0. The molecule has 0 aliphatic heterocycles. The molecular formula is C15H12ClN5O3S2. The van der Waals surface area contributed by atoms with E-state index < -0.39 is 15.8 Å². The number of hydrogen-bond donors (Lipinski definition) is 3. The van der Waals surface area contributed by atoms with Crippen molar-refractivity contribution in [1.82, 2.24) is 9.97 Å². The molecule has 3 aromatic rings. The van der Waals surface area contributed by atoms with Gasteiger partial charge in [0, 0.05) is 18.0 Å². The van der Waals surface area contributed by atoms with Crippen LogP contribution in [0.5, 0.6) is 0 Å². The minimum atomic E-state index is -3.96. The Bertz CT molecular complexity index is 1100. The third kappa shape index (κ3) is 3.77. The Hall–Kier alpha value is -2.69. The number of rotatable bonds is 5. The summed E-state index contributed by atoms with van der Waals surface area (Å²) in [6.07, 6.45) is 2.62. The molecule has 134 valence electrons. The van der Waals surface area contributed by atoms with E-state index in [-0.39, 0.29) is 32.0 Å². The molecule has 0 bridgehead atoms. The largest absolute Gasteiger partial charge is 0.391 e. The SMILES string of the molecule is Nc1cc(C(=O)c2ncc(Cl)cc2NS(=O)(=O)c2ccc(N)s2)ccn1. The maximum atomic E-state index is 12.7. The molecule has 0 aliphatic rings. The van der Waals surface area contributed by atoms with Crippen molar-refractivity contribution in [3.8, 4) is 0 Å². The molecule has 0 fully saturated rings. The Morgan fingerprint density at radius 3 is 2.58 bits per heavy atom. The minimum Gasteiger partial charge on any atom is -0.391 e. The standard InChI is InChI=1S/C15H12ClN5O3S2/c16-9-6-10(21-26(23,24)13-2-1-12(18)25-13)14(20-7-9)15(22)8-3-4-19-11(17)5-8/h1-7,21H,18H2,(H2,17,19). The predicted octanol–water partition coefficient (Wildman–Crippen LogP) is 2.39. The third-order valence-corrected chi connectivity index (χ3v) is 6.20. The van der Waals surface area contributed by atoms with E-state index in [0.29, 0.717) is 5.00 Å². The van der Waals surface area contributed by atoms with Gasteiger partial charge in [-0.2, -0.15) is 0 Å². The summed E-state index contributed by atoms with van der Waals surface area (Å²) in [5, 5.41) is 0.511. The van der Waals surface area contributed by atoms with Crippen molar-refractivity contribution >= 4 is 55.3 Å². The lowest BCUT2D eigenvalue weighted by Gasteiger charge is -2.11. The fourth-order valence-corrected chi connectivity index (χ4v) is 4.41. The molecule has 3 rings (SSSR count). The van der Waals surface area contributed by atoms with E-state index >= 15 is 0 Å². The van der Waals surface area contributed by atoms with Gasteiger partial charge in [-0.25, -0.2) is 18.4 Å². The van der Waals surface area contributed by atoms with Gasteiger partial charge in [0.15, 0.2) is 0 Å². The number of nitrogens with zero attached hydrogens (tertiary/aromatic N) is 2.